The van der Waals surface area contributed by atoms with E-state index >= 15 is 0 Å². The van der Waals surface area contributed by atoms with Crippen LogP contribution in [0, 0.1) is 16.2 Å². The van der Waals surface area contributed by atoms with Crippen molar-refractivity contribution >= 4 is 6.03 Å². The predicted octanol–water partition coefficient (Wildman–Crippen LogP) is 3.74. The molecular formula is C23H30F3N5O2. The predicted molar refractivity (Wildman–Crippen MR) is 110 cm³/mol. The molecule has 6 fully saturated rings. The number of ether oxygens (including phenoxy) is 1. The van der Waals surface area contributed by atoms with Gasteiger partial charge in [-0.25, -0.2) is 14.5 Å². The Labute approximate surface area is 190 Å². The number of aromatic nitrogens is 3. The second-order valence-electron chi connectivity index (χ2n) is 12.0. The van der Waals surface area contributed by atoms with Crippen LogP contribution in [0.4, 0.5) is 18.0 Å². The van der Waals surface area contributed by atoms with E-state index in [1.54, 1.807) is 0 Å². The molecular weight excluding hydrogens is 435 g/mol. The number of urea groups is 1. The zero-order valence-corrected chi connectivity index (χ0v) is 18.7. The van der Waals surface area contributed by atoms with E-state index in [1.807, 2.05) is 20.8 Å². The van der Waals surface area contributed by atoms with Gasteiger partial charge in [0, 0.05) is 42.9 Å². The minimum absolute atomic E-state index is 0.0751. The number of amides is 2. The third-order valence-corrected chi connectivity index (χ3v) is 9.20. The first-order valence-electron chi connectivity index (χ1n) is 12.3. The van der Waals surface area contributed by atoms with Gasteiger partial charge in [0.25, 0.3) is 0 Å². The van der Waals surface area contributed by atoms with Crippen LogP contribution in [-0.4, -0.2) is 75.7 Å². The van der Waals surface area contributed by atoms with Crippen molar-refractivity contribution in [1.29, 1.82) is 0 Å². The number of nitrogens with zero attached hydrogens (tertiary/aromatic N) is 5. The van der Waals surface area contributed by atoms with Gasteiger partial charge in [-0.2, -0.15) is 18.3 Å². The van der Waals surface area contributed by atoms with Crippen molar-refractivity contribution in [2.45, 2.75) is 75.6 Å². The quantitative estimate of drug-likeness (QED) is 0.665. The maximum Gasteiger partial charge on any atom is 0.396 e. The molecule has 10 heteroatoms. The summed E-state index contributed by atoms with van der Waals surface area (Å²) in [6.45, 7) is 2.87. The van der Waals surface area contributed by atoms with Crippen LogP contribution < -0.4 is 0 Å². The van der Waals surface area contributed by atoms with E-state index in [1.165, 1.54) is 12.8 Å². The van der Waals surface area contributed by atoms with E-state index in [-0.39, 0.29) is 42.4 Å². The highest BCUT2D eigenvalue weighted by Crippen LogP contribution is 2.59. The highest BCUT2D eigenvalue weighted by molar-refractivity contribution is 5.77. The smallest absolute Gasteiger partial charge is 0.377 e. The van der Waals surface area contributed by atoms with Crippen molar-refractivity contribution in [2.24, 2.45) is 16.2 Å². The summed E-state index contributed by atoms with van der Waals surface area (Å²) in [4.78, 5) is 21.1. The number of likely N-dealkylation sites (tertiary alicyclic amines) is 2. The molecule has 0 radical (unpaired) electrons. The molecule has 2 amide bonds. The lowest BCUT2D eigenvalue weighted by atomic mass is 9.60. The van der Waals surface area contributed by atoms with Gasteiger partial charge >= 0.3 is 12.2 Å². The fourth-order valence-electron chi connectivity index (χ4n) is 6.60. The summed E-state index contributed by atoms with van der Waals surface area (Å²) in [6.07, 6.45) is 4.10. The Balaban J connectivity index is 0.830. The van der Waals surface area contributed by atoms with Crippen molar-refractivity contribution in [3.8, 4) is 0 Å². The fraction of sp³-hybridized carbons (Fsp3) is 0.870. The van der Waals surface area contributed by atoms with E-state index in [9.17, 15) is 18.0 Å². The van der Waals surface area contributed by atoms with E-state index < -0.39 is 11.6 Å². The van der Waals surface area contributed by atoms with Gasteiger partial charge in [0.15, 0.2) is 5.82 Å². The van der Waals surface area contributed by atoms with E-state index in [0.717, 1.165) is 44.6 Å². The van der Waals surface area contributed by atoms with E-state index in [4.69, 9.17) is 4.74 Å². The number of carbonyl (C=O) groups excluding carboxylic acids is 1. The lowest BCUT2D eigenvalue weighted by molar-refractivity contribution is -0.219. The molecule has 1 aromatic heterocycles. The number of alkyl halides is 3. The molecule has 33 heavy (non-hydrogen) atoms. The van der Waals surface area contributed by atoms with Gasteiger partial charge in [-0.05, 0) is 51.4 Å². The zero-order valence-electron chi connectivity index (χ0n) is 18.7. The molecule has 7 nitrogen and oxygen atoms in total. The van der Waals surface area contributed by atoms with Crippen molar-refractivity contribution in [2.75, 3.05) is 32.8 Å². The molecule has 1 aromatic rings. The average molecular weight is 466 g/mol. The van der Waals surface area contributed by atoms with Crippen LogP contribution in [0.25, 0.3) is 0 Å². The minimum Gasteiger partial charge on any atom is -0.377 e. The van der Waals surface area contributed by atoms with Gasteiger partial charge in [-0.1, -0.05) is 0 Å². The van der Waals surface area contributed by atoms with Gasteiger partial charge < -0.3 is 14.5 Å². The van der Waals surface area contributed by atoms with Crippen LogP contribution in [0.5, 0.6) is 0 Å². The maximum absolute atomic E-state index is 13.0. The lowest BCUT2D eigenvalue weighted by Gasteiger charge is -2.63. The number of carbonyl (C=O) groups is 1. The molecule has 0 aromatic carbocycles. The topological polar surface area (TPSA) is 63.5 Å². The highest BCUT2D eigenvalue weighted by atomic mass is 19.4. The molecule has 6 aliphatic rings. The van der Waals surface area contributed by atoms with Crippen molar-refractivity contribution in [3.05, 3.63) is 12.2 Å². The largest absolute Gasteiger partial charge is 0.396 e. The summed E-state index contributed by atoms with van der Waals surface area (Å²) in [5.41, 5.74) is -1.26. The van der Waals surface area contributed by atoms with Crippen LogP contribution in [0.3, 0.4) is 0 Å². The fourth-order valence-corrected chi connectivity index (χ4v) is 6.60. The minimum atomic E-state index is -4.15. The third kappa shape index (κ3) is 3.22. The molecule has 0 N–H and O–H groups in total. The molecule has 0 atom stereocenters. The van der Waals surface area contributed by atoms with Crippen molar-refractivity contribution in [3.63, 3.8) is 0 Å². The lowest BCUT2D eigenvalue weighted by Crippen LogP contribution is -2.71. The van der Waals surface area contributed by atoms with E-state index in [0.29, 0.717) is 25.0 Å². The molecule has 180 valence electrons. The Hall–Kier alpha value is -1.84. The SMILES string of the molecule is O=C(N1CC2(CC(OCC3(C(F)(F)F)CC3)C2)C1)N1CC2(CC(n3cnc(C4CC4)n3)C2)C1. The van der Waals surface area contributed by atoms with E-state index in [2.05, 4.69) is 10.1 Å². The summed E-state index contributed by atoms with van der Waals surface area (Å²) in [6, 6.07) is 0.526. The number of halogens is 3. The normalized spacial score (nSPS) is 29.4. The number of rotatable bonds is 5. The molecule has 4 aliphatic carbocycles. The van der Waals surface area contributed by atoms with Gasteiger partial charge in [-0.15, -0.1) is 0 Å². The third-order valence-electron chi connectivity index (χ3n) is 9.20. The van der Waals surface area contributed by atoms with Crippen LogP contribution in [0.2, 0.25) is 0 Å². The Morgan fingerprint density at radius 1 is 1.03 bits per heavy atom. The Bertz CT molecular complexity index is 957. The Morgan fingerprint density at radius 3 is 2.18 bits per heavy atom. The van der Waals surface area contributed by atoms with Gasteiger partial charge in [0.1, 0.15) is 6.33 Å². The summed E-state index contributed by atoms with van der Waals surface area (Å²) < 4.78 is 46.8. The molecule has 2 saturated heterocycles. The standard InChI is InChI=1S/C23H30F3N5O2/c24-23(25,26)22(3-4-22)13-33-17-7-21(8-17)11-30(12-21)19(32)29-9-20(10-29)5-16(6-20)31-14-27-18(28-31)15-1-2-15/h14-17H,1-13H2. The van der Waals surface area contributed by atoms with Crippen LogP contribution in [0.15, 0.2) is 6.33 Å². The Morgan fingerprint density at radius 2 is 1.64 bits per heavy atom. The first-order valence-corrected chi connectivity index (χ1v) is 12.3. The average Bonchev–Trinajstić information content (AvgIpc) is 3.55. The summed E-state index contributed by atoms with van der Waals surface area (Å²) in [5.74, 6) is 1.56. The summed E-state index contributed by atoms with van der Waals surface area (Å²) >= 11 is 0. The monoisotopic (exact) mass is 465 g/mol. The molecule has 2 spiro atoms. The van der Waals surface area contributed by atoms with Gasteiger partial charge in [-0.3, -0.25) is 0 Å². The Kier molecular flexibility index (Phi) is 4.00. The highest BCUT2D eigenvalue weighted by Gasteiger charge is 2.64. The molecule has 7 rings (SSSR count). The molecule has 4 saturated carbocycles. The maximum atomic E-state index is 13.0. The van der Waals surface area contributed by atoms with Crippen LogP contribution in [-0.2, 0) is 4.74 Å². The number of hydrogen-bond acceptors (Lipinski definition) is 4. The summed E-state index contributed by atoms with van der Waals surface area (Å²) in [5, 5.41) is 4.65. The number of hydrogen-bond donors (Lipinski definition) is 0. The molecule has 0 bridgehead atoms. The molecule has 0 unspecified atom stereocenters. The van der Waals surface area contributed by atoms with Crippen molar-refractivity contribution < 1.29 is 22.7 Å². The second-order valence-corrected chi connectivity index (χ2v) is 12.0. The van der Waals surface area contributed by atoms with Crippen LogP contribution >= 0.6 is 0 Å². The van der Waals surface area contributed by atoms with Gasteiger partial charge in [0.05, 0.1) is 24.2 Å². The summed E-state index contributed by atoms with van der Waals surface area (Å²) in [7, 11) is 0. The second kappa shape index (κ2) is 6.43. The first kappa shape index (κ1) is 20.5. The molecule has 2 aliphatic heterocycles. The van der Waals surface area contributed by atoms with Crippen molar-refractivity contribution in [1.82, 2.24) is 24.6 Å². The molecule has 3 heterocycles. The first-order chi connectivity index (χ1) is 15.7. The van der Waals surface area contributed by atoms with Crippen LogP contribution in [0.1, 0.15) is 69.2 Å². The zero-order chi connectivity index (χ0) is 22.6. The van der Waals surface area contributed by atoms with Gasteiger partial charge in [0.2, 0.25) is 0 Å².